The number of benzene rings is 2. The predicted octanol–water partition coefficient (Wildman–Crippen LogP) is 7.75. The molecule has 0 N–H and O–H groups in total. The van der Waals surface area contributed by atoms with E-state index in [4.69, 9.17) is 4.74 Å². The zero-order valence-corrected chi connectivity index (χ0v) is 19.0. The molecular formula is C30H36O. The third kappa shape index (κ3) is 5.82. The van der Waals surface area contributed by atoms with Crippen molar-refractivity contribution in [3.63, 3.8) is 0 Å². The van der Waals surface area contributed by atoms with Crippen LogP contribution in [-0.4, -0.2) is 6.61 Å². The summed E-state index contributed by atoms with van der Waals surface area (Å²) in [4.78, 5) is 0. The first-order valence-electron chi connectivity index (χ1n) is 12.2. The van der Waals surface area contributed by atoms with Gasteiger partial charge in [0.1, 0.15) is 12.4 Å². The van der Waals surface area contributed by atoms with Gasteiger partial charge in [-0.15, -0.1) is 0 Å². The van der Waals surface area contributed by atoms with Gasteiger partial charge in [0, 0.05) is 11.1 Å². The lowest BCUT2D eigenvalue weighted by molar-refractivity contribution is 0.114. The lowest BCUT2D eigenvalue weighted by Crippen LogP contribution is -2.30. The summed E-state index contributed by atoms with van der Waals surface area (Å²) in [6, 6.07) is 17.0. The number of hydrogen-bond donors (Lipinski definition) is 0. The standard InChI is InChI=1S/C30H36O/c1-3-5-25-10-15-29-22-28(17-16-27(29)21-25)26-13-8-23(9-14-26)6-7-24-11-18-30(19-12-24)31-20-4-2/h4,8-9,11-14,18-19,25,27-29H,2-3,5,10,15-17,20-22H2,1H3/t25?,27-,28-,29-/m1/s1. The van der Waals surface area contributed by atoms with Crippen LogP contribution in [0.3, 0.4) is 0 Å². The van der Waals surface area contributed by atoms with Crippen LogP contribution in [-0.2, 0) is 0 Å². The molecule has 2 aliphatic carbocycles. The molecule has 0 saturated heterocycles. The molecule has 1 heteroatoms. The lowest BCUT2D eigenvalue weighted by atomic mass is 9.63. The highest BCUT2D eigenvalue weighted by atomic mass is 16.5. The zero-order chi connectivity index (χ0) is 21.5. The van der Waals surface area contributed by atoms with Gasteiger partial charge in [0.15, 0.2) is 0 Å². The summed E-state index contributed by atoms with van der Waals surface area (Å²) in [5.74, 6) is 11.1. The van der Waals surface area contributed by atoms with Crippen LogP contribution in [0.1, 0.15) is 80.9 Å². The van der Waals surface area contributed by atoms with E-state index in [2.05, 4.69) is 49.6 Å². The molecule has 2 aromatic carbocycles. The maximum absolute atomic E-state index is 5.53. The summed E-state index contributed by atoms with van der Waals surface area (Å²) in [7, 11) is 0. The maximum Gasteiger partial charge on any atom is 0.119 e. The van der Waals surface area contributed by atoms with Crippen molar-refractivity contribution in [1.29, 1.82) is 0 Å². The van der Waals surface area contributed by atoms with E-state index in [0.717, 1.165) is 40.5 Å². The summed E-state index contributed by atoms with van der Waals surface area (Å²) in [5.41, 5.74) is 3.61. The van der Waals surface area contributed by atoms with E-state index in [1.54, 1.807) is 6.08 Å². The Morgan fingerprint density at radius 2 is 1.52 bits per heavy atom. The SMILES string of the molecule is C=CCOc1ccc(C#Cc2ccc([C@@H]3CC[C@@H]4CC(CCC)CC[C@@H]4C3)cc2)cc1. The average Bonchev–Trinajstić information content (AvgIpc) is 2.82. The fourth-order valence-electron chi connectivity index (χ4n) is 5.73. The quantitative estimate of drug-likeness (QED) is 0.348. The van der Waals surface area contributed by atoms with E-state index in [9.17, 15) is 0 Å². The number of hydrogen-bond acceptors (Lipinski definition) is 1. The maximum atomic E-state index is 5.53. The van der Waals surface area contributed by atoms with Crippen molar-refractivity contribution in [1.82, 2.24) is 0 Å². The molecule has 162 valence electrons. The van der Waals surface area contributed by atoms with Gasteiger partial charge in [-0.1, -0.05) is 62.8 Å². The van der Waals surface area contributed by atoms with Gasteiger partial charge in [-0.3, -0.25) is 0 Å². The van der Waals surface area contributed by atoms with Crippen LogP contribution >= 0.6 is 0 Å². The molecular weight excluding hydrogens is 376 g/mol. The Morgan fingerprint density at radius 3 is 2.19 bits per heavy atom. The Hall–Kier alpha value is -2.46. The van der Waals surface area contributed by atoms with Gasteiger partial charge < -0.3 is 4.74 Å². The van der Waals surface area contributed by atoms with E-state index < -0.39 is 0 Å². The molecule has 2 fully saturated rings. The van der Waals surface area contributed by atoms with Crippen molar-refractivity contribution >= 4 is 0 Å². The largest absolute Gasteiger partial charge is 0.490 e. The van der Waals surface area contributed by atoms with Crippen LogP contribution in [0.5, 0.6) is 5.75 Å². The Bertz CT molecular complexity index is 896. The van der Waals surface area contributed by atoms with Crippen LogP contribution in [0.4, 0.5) is 0 Å². The van der Waals surface area contributed by atoms with Crippen molar-refractivity contribution in [3.05, 3.63) is 77.9 Å². The van der Waals surface area contributed by atoms with Gasteiger partial charge in [-0.05, 0) is 97.7 Å². The van der Waals surface area contributed by atoms with Gasteiger partial charge >= 0.3 is 0 Å². The van der Waals surface area contributed by atoms with Crippen LogP contribution < -0.4 is 4.74 Å². The number of fused-ring (bicyclic) bond motifs is 1. The Labute approximate surface area is 188 Å². The van der Waals surface area contributed by atoms with Crippen molar-refractivity contribution in [2.45, 2.75) is 64.2 Å². The van der Waals surface area contributed by atoms with Crippen molar-refractivity contribution in [3.8, 4) is 17.6 Å². The topological polar surface area (TPSA) is 9.23 Å². The summed E-state index contributed by atoms with van der Waals surface area (Å²) in [6.07, 6.45) is 13.2. The van der Waals surface area contributed by atoms with Crippen LogP contribution in [0, 0.1) is 29.6 Å². The Kier molecular flexibility index (Phi) is 7.52. The van der Waals surface area contributed by atoms with E-state index in [1.165, 1.54) is 56.9 Å². The number of rotatable bonds is 6. The highest BCUT2D eigenvalue weighted by molar-refractivity contribution is 5.45. The van der Waals surface area contributed by atoms with E-state index in [0.29, 0.717) is 6.61 Å². The van der Waals surface area contributed by atoms with Gasteiger partial charge in [-0.25, -0.2) is 0 Å². The summed E-state index contributed by atoms with van der Waals surface area (Å²) >= 11 is 0. The average molecular weight is 413 g/mol. The monoisotopic (exact) mass is 412 g/mol. The molecule has 2 saturated carbocycles. The normalized spacial score (nSPS) is 25.1. The predicted molar refractivity (Wildman–Crippen MR) is 130 cm³/mol. The first-order valence-corrected chi connectivity index (χ1v) is 12.2. The molecule has 0 aliphatic heterocycles. The minimum atomic E-state index is 0.527. The summed E-state index contributed by atoms with van der Waals surface area (Å²) in [5, 5.41) is 0. The first kappa shape index (κ1) is 21.8. The molecule has 0 radical (unpaired) electrons. The minimum absolute atomic E-state index is 0.527. The molecule has 1 unspecified atom stereocenters. The minimum Gasteiger partial charge on any atom is -0.490 e. The summed E-state index contributed by atoms with van der Waals surface area (Å²) < 4.78 is 5.53. The van der Waals surface area contributed by atoms with Gasteiger partial charge in [0.25, 0.3) is 0 Å². The Morgan fingerprint density at radius 1 is 0.871 bits per heavy atom. The highest BCUT2D eigenvalue weighted by Crippen LogP contribution is 2.48. The fourth-order valence-corrected chi connectivity index (χ4v) is 5.73. The fraction of sp³-hybridized carbons (Fsp3) is 0.467. The molecule has 4 atom stereocenters. The second-order valence-corrected chi connectivity index (χ2v) is 9.49. The molecule has 4 rings (SSSR count). The van der Waals surface area contributed by atoms with Gasteiger partial charge in [0.2, 0.25) is 0 Å². The Balaban J connectivity index is 1.33. The van der Waals surface area contributed by atoms with Crippen LogP contribution in [0.2, 0.25) is 0 Å². The van der Waals surface area contributed by atoms with E-state index >= 15 is 0 Å². The second-order valence-electron chi connectivity index (χ2n) is 9.49. The van der Waals surface area contributed by atoms with Crippen molar-refractivity contribution < 1.29 is 4.74 Å². The van der Waals surface area contributed by atoms with Crippen LogP contribution in [0.15, 0.2) is 61.2 Å². The third-order valence-electron chi connectivity index (χ3n) is 7.37. The third-order valence-corrected chi connectivity index (χ3v) is 7.37. The second kappa shape index (κ2) is 10.7. The molecule has 0 heterocycles. The molecule has 0 amide bonds. The lowest BCUT2D eigenvalue weighted by Gasteiger charge is -2.42. The van der Waals surface area contributed by atoms with Gasteiger partial charge in [0.05, 0.1) is 0 Å². The van der Waals surface area contributed by atoms with Crippen LogP contribution in [0.25, 0.3) is 0 Å². The van der Waals surface area contributed by atoms with E-state index in [1.807, 2.05) is 24.3 Å². The molecule has 1 nitrogen and oxygen atoms in total. The number of ether oxygens (including phenoxy) is 1. The molecule has 2 aliphatic rings. The molecule has 2 aromatic rings. The smallest absolute Gasteiger partial charge is 0.119 e. The van der Waals surface area contributed by atoms with Crippen molar-refractivity contribution in [2.24, 2.45) is 17.8 Å². The molecule has 31 heavy (non-hydrogen) atoms. The van der Waals surface area contributed by atoms with Gasteiger partial charge in [-0.2, -0.15) is 0 Å². The van der Waals surface area contributed by atoms with Crippen molar-refractivity contribution in [2.75, 3.05) is 6.61 Å². The van der Waals surface area contributed by atoms with E-state index in [-0.39, 0.29) is 0 Å². The summed E-state index contributed by atoms with van der Waals surface area (Å²) in [6.45, 7) is 6.54. The molecule has 0 aromatic heterocycles. The highest BCUT2D eigenvalue weighted by Gasteiger charge is 2.35. The molecule has 0 spiro atoms. The first-order chi connectivity index (χ1) is 15.2. The zero-order valence-electron chi connectivity index (χ0n) is 19.0. The molecule has 0 bridgehead atoms.